The van der Waals surface area contributed by atoms with Crippen molar-refractivity contribution in [3.05, 3.63) is 77.9 Å². The molecule has 5 nitrogen and oxygen atoms in total. The van der Waals surface area contributed by atoms with Gasteiger partial charge in [0.2, 0.25) is 10.0 Å². The molecule has 0 bridgehead atoms. The molecule has 6 heteroatoms. The molecule has 0 amide bonds. The molecule has 28 heavy (non-hydrogen) atoms. The molecule has 0 fully saturated rings. The molecule has 0 aromatic heterocycles. The average molecular weight is 395 g/mol. The van der Waals surface area contributed by atoms with E-state index in [0.29, 0.717) is 11.4 Å². The van der Waals surface area contributed by atoms with Crippen LogP contribution in [0.25, 0.3) is 11.1 Å². The summed E-state index contributed by atoms with van der Waals surface area (Å²) in [5.41, 5.74) is 4.24. The van der Waals surface area contributed by atoms with Crippen LogP contribution in [0.5, 0.6) is 11.5 Å². The number of fused-ring (bicyclic) bond motifs is 3. The summed E-state index contributed by atoms with van der Waals surface area (Å²) < 4.78 is 38.6. The molecule has 1 N–H and O–H groups in total. The Bertz CT molecular complexity index is 1110. The Labute approximate surface area is 165 Å². The molecule has 0 radical (unpaired) electrons. The minimum Gasteiger partial charge on any atom is -0.496 e. The summed E-state index contributed by atoms with van der Waals surface area (Å²) in [5.74, 6) is 1.47. The highest BCUT2D eigenvalue weighted by atomic mass is 32.2. The number of ether oxygens (including phenoxy) is 2. The second kappa shape index (κ2) is 7.20. The highest BCUT2D eigenvalue weighted by Gasteiger charge is 2.30. The molecule has 0 spiro atoms. The monoisotopic (exact) mass is 395 g/mol. The van der Waals surface area contributed by atoms with Crippen LogP contribution in [0.2, 0.25) is 0 Å². The Morgan fingerprint density at radius 1 is 1.04 bits per heavy atom. The Balaban J connectivity index is 1.90. The Morgan fingerprint density at radius 2 is 1.82 bits per heavy atom. The van der Waals surface area contributed by atoms with E-state index in [2.05, 4.69) is 4.72 Å². The SMILES string of the molecule is CCS(=O)(=O)Nc1ccc2c(c1)C(c1ccccc1)Oc1cccc(OC)c1-2. The van der Waals surface area contributed by atoms with Crippen molar-refractivity contribution in [3.63, 3.8) is 0 Å². The van der Waals surface area contributed by atoms with Crippen molar-refractivity contribution in [1.29, 1.82) is 0 Å². The second-order valence-corrected chi connectivity index (χ2v) is 8.56. The minimum absolute atomic E-state index is 0.0132. The third kappa shape index (κ3) is 3.31. The van der Waals surface area contributed by atoms with Crippen LogP contribution in [-0.4, -0.2) is 21.3 Å². The topological polar surface area (TPSA) is 64.6 Å². The predicted molar refractivity (Wildman–Crippen MR) is 110 cm³/mol. The van der Waals surface area contributed by atoms with E-state index in [-0.39, 0.29) is 11.9 Å². The van der Waals surface area contributed by atoms with E-state index in [1.807, 2.05) is 60.7 Å². The number of benzene rings is 3. The molecule has 0 saturated carbocycles. The number of methoxy groups -OCH3 is 1. The number of hydrogen-bond donors (Lipinski definition) is 1. The van der Waals surface area contributed by atoms with Crippen LogP contribution in [0.4, 0.5) is 5.69 Å². The summed E-state index contributed by atoms with van der Waals surface area (Å²) in [6.45, 7) is 1.61. The van der Waals surface area contributed by atoms with Crippen LogP contribution in [0, 0.1) is 0 Å². The van der Waals surface area contributed by atoms with Gasteiger partial charge in [-0.3, -0.25) is 4.72 Å². The second-order valence-electron chi connectivity index (χ2n) is 6.55. The van der Waals surface area contributed by atoms with Crippen LogP contribution < -0.4 is 14.2 Å². The van der Waals surface area contributed by atoms with Crippen molar-refractivity contribution < 1.29 is 17.9 Å². The van der Waals surface area contributed by atoms with Crippen molar-refractivity contribution in [2.24, 2.45) is 0 Å². The summed E-state index contributed by atoms with van der Waals surface area (Å²) in [7, 11) is -1.74. The standard InChI is InChI=1S/C22H21NO4S/c1-3-28(24,25)23-16-12-13-17-18(14-16)22(15-8-5-4-6-9-15)27-20-11-7-10-19(26-2)21(17)20/h4-14,22-23H,3H2,1-2H3. The molecule has 0 saturated heterocycles. The third-order valence-corrected chi connectivity index (χ3v) is 6.12. The van der Waals surface area contributed by atoms with Crippen LogP contribution in [-0.2, 0) is 10.0 Å². The van der Waals surface area contributed by atoms with Gasteiger partial charge in [-0.1, -0.05) is 42.5 Å². The van der Waals surface area contributed by atoms with Gasteiger partial charge in [0, 0.05) is 11.3 Å². The Kier molecular flexibility index (Phi) is 4.73. The van der Waals surface area contributed by atoms with Gasteiger partial charge in [-0.2, -0.15) is 0 Å². The van der Waals surface area contributed by atoms with E-state index >= 15 is 0 Å². The lowest BCUT2D eigenvalue weighted by molar-refractivity contribution is 0.242. The fraction of sp³-hybridized carbons (Fsp3) is 0.182. The zero-order valence-corrected chi connectivity index (χ0v) is 16.5. The molecule has 3 aromatic carbocycles. The van der Waals surface area contributed by atoms with Crippen molar-refractivity contribution in [3.8, 4) is 22.6 Å². The van der Waals surface area contributed by atoms with Crippen molar-refractivity contribution in [1.82, 2.24) is 0 Å². The first-order chi connectivity index (χ1) is 13.5. The smallest absolute Gasteiger partial charge is 0.232 e. The summed E-state index contributed by atoms with van der Waals surface area (Å²) in [4.78, 5) is 0. The lowest BCUT2D eigenvalue weighted by Gasteiger charge is -2.30. The first-order valence-corrected chi connectivity index (χ1v) is 10.7. The maximum Gasteiger partial charge on any atom is 0.232 e. The van der Waals surface area contributed by atoms with Gasteiger partial charge in [0.1, 0.15) is 17.6 Å². The van der Waals surface area contributed by atoms with Gasteiger partial charge in [-0.25, -0.2) is 8.42 Å². The van der Waals surface area contributed by atoms with E-state index in [1.54, 1.807) is 20.1 Å². The van der Waals surface area contributed by atoms with E-state index in [4.69, 9.17) is 9.47 Å². The molecule has 3 aromatic rings. The predicted octanol–water partition coefficient (Wildman–Crippen LogP) is 4.61. The number of anilines is 1. The van der Waals surface area contributed by atoms with Gasteiger partial charge < -0.3 is 9.47 Å². The van der Waals surface area contributed by atoms with Crippen molar-refractivity contribution in [2.75, 3.05) is 17.6 Å². The molecular weight excluding hydrogens is 374 g/mol. The van der Waals surface area contributed by atoms with Crippen LogP contribution in [0.1, 0.15) is 24.2 Å². The number of sulfonamides is 1. The maximum atomic E-state index is 12.0. The fourth-order valence-electron chi connectivity index (χ4n) is 3.43. The van der Waals surface area contributed by atoms with Crippen molar-refractivity contribution >= 4 is 15.7 Å². The molecule has 144 valence electrons. The van der Waals surface area contributed by atoms with E-state index in [9.17, 15) is 8.42 Å². The number of nitrogens with one attached hydrogen (secondary N) is 1. The number of hydrogen-bond acceptors (Lipinski definition) is 4. The van der Waals surface area contributed by atoms with E-state index in [1.165, 1.54) is 0 Å². The van der Waals surface area contributed by atoms with Gasteiger partial charge in [0.05, 0.1) is 18.4 Å². The minimum atomic E-state index is -3.37. The zero-order valence-electron chi connectivity index (χ0n) is 15.7. The Morgan fingerprint density at radius 3 is 2.54 bits per heavy atom. The van der Waals surface area contributed by atoms with Crippen LogP contribution >= 0.6 is 0 Å². The molecule has 0 aliphatic carbocycles. The fourth-order valence-corrected chi connectivity index (χ4v) is 4.06. The zero-order chi connectivity index (χ0) is 19.7. The van der Waals surface area contributed by atoms with Crippen molar-refractivity contribution in [2.45, 2.75) is 13.0 Å². The Hall–Kier alpha value is -2.99. The quantitative estimate of drug-likeness (QED) is 0.685. The summed E-state index contributed by atoms with van der Waals surface area (Å²) in [6.07, 6.45) is -0.345. The lowest BCUT2D eigenvalue weighted by atomic mass is 9.89. The van der Waals surface area contributed by atoms with Crippen LogP contribution in [0.15, 0.2) is 66.7 Å². The molecule has 4 rings (SSSR count). The maximum absolute atomic E-state index is 12.0. The largest absolute Gasteiger partial charge is 0.496 e. The van der Waals surface area contributed by atoms with Gasteiger partial charge in [0.15, 0.2) is 0 Å². The summed E-state index contributed by atoms with van der Waals surface area (Å²) in [5, 5.41) is 0. The highest BCUT2D eigenvalue weighted by Crippen LogP contribution is 2.49. The molecular formula is C22H21NO4S. The number of rotatable bonds is 5. The molecule has 1 heterocycles. The van der Waals surface area contributed by atoms with E-state index in [0.717, 1.165) is 28.0 Å². The van der Waals surface area contributed by atoms with Gasteiger partial charge in [-0.15, -0.1) is 0 Å². The summed E-state index contributed by atoms with van der Waals surface area (Å²) >= 11 is 0. The van der Waals surface area contributed by atoms with Gasteiger partial charge in [-0.05, 0) is 42.3 Å². The lowest BCUT2D eigenvalue weighted by Crippen LogP contribution is -2.18. The van der Waals surface area contributed by atoms with Gasteiger partial charge >= 0.3 is 0 Å². The van der Waals surface area contributed by atoms with Gasteiger partial charge in [0.25, 0.3) is 0 Å². The average Bonchev–Trinajstić information content (AvgIpc) is 2.73. The molecule has 1 atom stereocenters. The first-order valence-electron chi connectivity index (χ1n) is 9.06. The molecule has 1 unspecified atom stereocenters. The molecule has 1 aliphatic rings. The van der Waals surface area contributed by atoms with E-state index < -0.39 is 10.0 Å². The normalized spacial score (nSPS) is 15.1. The highest BCUT2D eigenvalue weighted by molar-refractivity contribution is 7.92. The van der Waals surface area contributed by atoms with Crippen LogP contribution in [0.3, 0.4) is 0 Å². The first kappa shape index (κ1) is 18.4. The summed E-state index contributed by atoms with van der Waals surface area (Å²) in [6, 6.07) is 21.1. The third-order valence-electron chi connectivity index (χ3n) is 4.81. The molecule has 1 aliphatic heterocycles.